The van der Waals surface area contributed by atoms with Gasteiger partial charge in [0.2, 0.25) is 28.6 Å². The molecule has 0 aromatic heterocycles. The van der Waals surface area contributed by atoms with Crippen molar-refractivity contribution >= 4 is 39.1 Å². The molecule has 0 fully saturated rings. The highest BCUT2D eigenvalue weighted by atomic mass is 35.5. The molecule has 2 amide bonds. The van der Waals surface area contributed by atoms with Gasteiger partial charge in [-0.05, 0) is 56.5 Å². The number of sulfonamides is 1. The molecule has 0 spiro atoms. The third-order valence-corrected chi connectivity index (χ3v) is 7.68. The Hall–Kier alpha value is -2.98. The Morgan fingerprint density at radius 3 is 2.41 bits per heavy atom. The number of halogens is 1. The smallest absolute Gasteiger partial charge is 0.242 e. The summed E-state index contributed by atoms with van der Waals surface area (Å²) in [6, 6.07) is 11.3. The number of amides is 2. The lowest BCUT2D eigenvalue weighted by Gasteiger charge is -2.30. The minimum atomic E-state index is -3.62. The number of nitrogens with one attached hydrogen (secondary N) is 1. The first kappa shape index (κ1) is 28.6. The number of rotatable bonds is 12. The van der Waals surface area contributed by atoms with E-state index in [4.69, 9.17) is 21.1 Å². The Balaban J connectivity index is 1.72. The van der Waals surface area contributed by atoms with Crippen molar-refractivity contribution in [2.24, 2.45) is 0 Å². The van der Waals surface area contributed by atoms with E-state index in [0.717, 1.165) is 18.2 Å². The van der Waals surface area contributed by atoms with E-state index in [2.05, 4.69) is 5.32 Å². The first-order valence-electron chi connectivity index (χ1n) is 12.2. The van der Waals surface area contributed by atoms with Crippen molar-refractivity contribution in [3.05, 3.63) is 53.1 Å². The van der Waals surface area contributed by atoms with E-state index in [1.807, 2.05) is 26.0 Å². The summed E-state index contributed by atoms with van der Waals surface area (Å²) in [7, 11) is -3.62. The van der Waals surface area contributed by atoms with Crippen LogP contribution in [0.1, 0.15) is 45.6 Å². The number of ether oxygens (including phenoxy) is 2. The number of anilines is 1. The van der Waals surface area contributed by atoms with Gasteiger partial charge in [-0.25, -0.2) is 8.42 Å². The minimum absolute atomic E-state index is 0.0209. The van der Waals surface area contributed by atoms with Gasteiger partial charge >= 0.3 is 0 Å². The lowest BCUT2D eigenvalue weighted by Crippen LogP contribution is -2.49. The number of benzene rings is 2. The van der Waals surface area contributed by atoms with Gasteiger partial charge in [-0.3, -0.25) is 13.9 Å². The van der Waals surface area contributed by atoms with Gasteiger partial charge in [0.1, 0.15) is 6.04 Å². The molecule has 9 nitrogen and oxygen atoms in total. The highest BCUT2D eigenvalue weighted by molar-refractivity contribution is 7.92. The zero-order valence-corrected chi connectivity index (χ0v) is 23.1. The van der Waals surface area contributed by atoms with E-state index in [1.165, 1.54) is 9.21 Å². The van der Waals surface area contributed by atoms with Crippen LogP contribution in [0, 0.1) is 0 Å². The average molecular weight is 552 g/mol. The van der Waals surface area contributed by atoms with Crippen molar-refractivity contribution in [3.8, 4) is 11.5 Å². The molecule has 3 rings (SSSR count). The van der Waals surface area contributed by atoms with Gasteiger partial charge < -0.3 is 19.7 Å². The first-order valence-corrected chi connectivity index (χ1v) is 14.4. The molecule has 0 saturated heterocycles. The number of fused-ring (bicyclic) bond motifs is 1. The molecule has 0 aliphatic carbocycles. The van der Waals surface area contributed by atoms with Crippen molar-refractivity contribution in [3.63, 3.8) is 0 Å². The van der Waals surface area contributed by atoms with E-state index in [-0.39, 0.29) is 50.6 Å². The summed E-state index contributed by atoms with van der Waals surface area (Å²) >= 11 is 6.00. The largest absolute Gasteiger partial charge is 0.454 e. The van der Waals surface area contributed by atoms with Crippen molar-refractivity contribution in [1.29, 1.82) is 0 Å². The van der Waals surface area contributed by atoms with Gasteiger partial charge in [0.15, 0.2) is 11.5 Å². The molecule has 0 saturated carbocycles. The Labute approximate surface area is 223 Å². The minimum Gasteiger partial charge on any atom is -0.454 e. The van der Waals surface area contributed by atoms with Crippen LogP contribution in [0.4, 0.5) is 5.69 Å². The van der Waals surface area contributed by atoms with Crippen molar-refractivity contribution in [2.75, 3.05) is 23.9 Å². The number of carbonyl (C=O) groups is 2. The molecule has 0 bridgehead atoms. The summed E-state index contributed by atoms with van der Waals surface area (Å²) < 4.78 is 37.0. The topological polar surface area (TPSA) is 105 Å². The Kier molecular flexibility index (Phi) is 9.67. The van der Waals surface area contributed by atoms with Crippen molar-refractivity contribution in [1.82, 2.24) is 10.2 Å². The van der Waals surface area contributed by atoms with Gasteiger partial charge in [0.25, 0.3) is 0 Å². The Bertz CT molecular complexity index is 1210. The van der Waals surface area contributed by atoms with E-state index in [1.54, 1.807) is 37.3 Å². The molecule has 1 N–H and O–H groups in total. The maximum absolute atomic E-state index is 13.4. The van der Waals surface area contributed by atoms with Crippen LogP contribution in [-0.4, -0.2) is 56.8 Å². The lowest BCUT2D eigenvalue weighted by molar-refractivity contribution is -0.140. The molecule has 0 radical (unpaired) electrons. The third-order valence-electron chi connectivity index (χ3n) is 6.23. The quantitative estimate of drug-likeness (QED) is 0.428. The van der Waals surface area contributed by atoms with Crippen LogP contribution in [-0.2, 0) is 26.2 Å². The predicted molar refractivity (Wildman–Crippen MR) is 143 cm³/mol. The number of hydrogen-bond acceptors (Lipinski definition) is 6. The fourth-order valence-electron chi connectivity index (χ4n) is 3.88. The molecule has 11 heteroatoms. The van der Waals surface area contributed by atoms with Gasteiger partial charge in [0.05, 0.1) is 11.9 Å². The predicted octanol–water partition coefficient (Wildman–Crippen LogP) is 3.95. The second-order valence-corrected chi connectivity index (χ2v) is 11.5. The first-order chi connectivity index (χ1) is 17.5. The molecular weight excluding hydrogens is 518 g/mol. The van der Waals surface area contributed by atoms with Crippen molar-refractivity contribution < 1.29 is 27.5 Å². The summed E-state index contributed by atoms with van der Waals surface area (Å²) in [5.41, 5.74) is 1.26. The monoisotopic (exact) mass is 551 g/mol. The summed E-state index contributed by atoms with van der Waals surface area (Å²) in [5, 5.41) is 3.51. The molecule has 202 valence electrons. The van der Waals surface area contributed by atoms with Gasteiger partial charge in [0, 0.05) is 36.6 Å². The molecule has 1 aliphatic heterocycles. The highest BCUT2D eigenvalue weighted by Gasteiger charge is 2.27. The van der Waals surface area contributed by atoms with Crippen LogP contribution < -0.4 is 19.1 Å². The molecule has 2 unspecified atom stereocenters. The van der Waals surface area contributed by atoms with E-state index in [9.17, 15) is 18.0 Å². The zero-order chi connectivity index (χ0) is 27.2. The highest BCUT2D eigenvalue weighted by Crippen LogP contribution is 2.36. The lowest BCUT2D eigenvalue weighted by atomic mass is 10.1. The summed E-state index contributed by atoms with van der Waals surface area (Å²) in [4.78, 5) is 27.7. The standard InChI is InChI=1S/C26H34ClN3O6S/c1-5-18(2)28-26(32)19(3)29(16-20-8-10-21(27)11-9-20)25(31)7-6-14-30(37(4,33)34)22-12-13-23-24(15-22)36-17-35-23/h8-13,15,18-19H,5-7,14,16-17H2,1-4H3,(H,28,32). The third kappa shape index (κ3) is 7.75. The number of carbonyl (C=O) groups excluding carboxylic acids is 2. The molecular formula is C26H34ClN3O6S. The van der Waals surface area contributed by atoms with Crippen LogP contribution in [0.2, 0.25) is 5.02 Å². The maximum atomic E-state index is 13.4. The summed E-state index contributed by atoms with van der Waals surface area (Å²) in [5.74, 6) is 0.531. The molecule has 2 aromatic rings. The van der Waals surface area contributed by atoms with E-state index in [0.29, 0.717) is 22.2 Å². The molecule has 1 aliphatic rings. The fraction of sp³-hybridized carbons (Fsp3) is 0.462. The second kappa shape index (κ2) is 12.5. The van der Waals surface area contributed by atoms with Crippen LogP contribution >= 0.6 is 11.6 Å². The normalized spacial score (nSPS) is 14.1. The number of hydrogen-bond donors (Lipinski definition) is 1. The molecule has 37 heavy (non-hydrogen) atoms. The molecule has 1 heterocycles. The summed E-state index contributed by atoms with van der Waals surface area (Å²) in [6.45, 7) is 5.97. The van der Waals surface area contributed by atoms with E-state index < -0.39 is 16.1 Å². The van der Waals surface area contributed by atoms with Gasteiger partial charge in [-0.1, -0.05) is 30.7 Å². The van der Waals surface area contributed by atoms with Crippen LogP contribution in [0.25, 0.3) is 0 Å². The average Bonchev–Trinajstić information content (AvgIpc) is 3.32. The molecule has 2 atom stereocenters. The SMILES string of the molecule is CCC(C)NC(=O)C(C)N(Cc1ccc(Cl)cc1)C(=O)CCCN(c1ccc2c(c1)OCO2)S(C)(=O)=O. The van der Waals surface area contributed by atoms with Crippen LogP contribution in [0.3, 0.4) is 0 Å². The Morgan fingerprint density at radius 2 is 1.76 bits per heavy atom. The van der Waals surface area contributed by atoms with Crippen LogP contribution in [0.15, 0.2) is 42.5 Å². The Morgan fingerprint density at radius 1 is 1.08 bits per heavy atom. The number of nitrogens with zero attached hydrogens (tertiary/aromatic N) is 2. The second-order valence-electron chi connectivity index (χ2n) is 9.12. The van der Waals surface area contributed by atoms with Gasteiger partial charge in [-0.15, -0.1) is 0 Å². The molecule has 2 aromatic carbocycles. The fourth-order valence-corrected chi connectivity index (χ4v) is 4.96. The van der Waals surface area contributed by atoms with Crippen LogP contribution in [0.5, 0.6) is 11.5 Å². The van der Waals surface area contributed by atoms with E-state index >= 15 is 0 Å². The van der Waals surface area contributed by atoms with Gasteiger partial charge in [-0.2, -0.15) is 0 Å². The zero-order valence-electron chi connectivity index (χ0n) is 21.6. The van der Waals surface area contributed by atoms with Crippen molar-refractivity contribution in [2.45, 2.75) is 58.7 Å². The maximum Gasteiger partial charge on any atom is 0.242 e. The summed E-state index contributed by atoms with van der Waals surface area (Å²) in [6.07, 6.45) is 2.21.